The van der Waals surface area contributed by atoms with Crippen LogP contribution < -0.4 is 5.32 Å². The third-order valence-electron chi connectivity index (χ3n) is 2.91. The Kier molecular flexibility index (Phi) is 5.58. The lowest BCUT2D eigenvalue weighted by atomic mass is 10.1. The second-order valence-corrected chi connectivity index (χ2v) is 4.90. The van der Waals surface area contributed by atoms with Gasteiger partial charge < -0.3 is 10.1 Å². The number of ether oxygens (including phenoxy) is 1. The molecular weight excluding hydrogens is 293 g/mol. The summed E-state index contributed by atoms with van der Waals surface area (Å²) in [6, 6.07) is 15.2. The molecule has 1 atom stereocenters. The molecular formula is C16H15ClFNO2. The molecule has 3 nitrogen and oxygen atoms in total. The van der Waals surface area contributed by atoms with Gasteiger partial charge in [-0.05, 0) is 23.3 Å². The van der Waals surface area contributed by atoms with Crippen molar-refractivity contribution < 1.29 is 13.9 Å². The highest BCUT2D eigenvalue weighted by Crippen LogP contribution is 2.18. The van der Waals surface area contributed by atoms with Gasteiger partial charge >= 0.3 is 6.09 Å². The van der Waals surface area contributed by atoms with Crippen LogP contribution in [0.4, 0.5) is 9.18 Å². The van der Waals surface area contributed by atoms with Crippen molar-refractivity contribution >= 4 is 17.7 Å². The van der Waals surface area contributed by atoms with Crippen molar-refractivity contribution in [3.8, 4) is 0 Å². The number of carbonyl (C=O) groups excluding carboxylic acids is 1. The molecule has 0 saturated heterocycles. The Morgan fingerprint density at radius 1 is 1.19 bits per heavy atom. The van der Waals surface area contributed by atoms with Gasteiger partial charge in [-0.25, -0.2) is 9.18 Å². The number of amides is 1. The Bertz CT molecular complexity index is 592. The molecule has 2 aromatic carbocycles. The Balaban J connectivity index is 1.91. The SMILES string of the molecule is O=C(NC(CF)c1cccc(Cl)c1)OCc1ccccc1. The van der Waals surface area contributed by atoms with Crippen molar-refractivity contribution in [3.05, 3.63) is 70.7 Å². The van der Waals surface area contributed by atoms with Gasteiger partial charge in [0.2, 0.25) is 0 Å². The quantitative estimate of drug-likeness (QED) is 0.895. The van der Waals surface area contributed by atoms with E-state index in [1.807, 2.05) is 30.3 Å². The van der Waals surface area contributed by atoms with Gasteiger partial charge in [-0.3, -0.25) is 0 Å². The molecule has 21 heavy (non-hydrogen) atoms. The maximum Gasteiger partial charge on any atom is 0.408 e. The predicted octanol–water partition coefficient (Wildman–Crippen LogP) is 4.28. The van der Waals surface area contributed by atoms with Gasteiger partial charge in [-0.2, -0.15) is 0 Å². The summed E-state index contributed by atoms with van der Waals surface area (Å²) in [4.78, 5) is 11.7. The van der Waals surface area contributed by atoms with Gasteiger partial charge in [0, 0.05) is 5.02 Å². The van der Waals surface area contributed by atoms with Gasteiger partial charge in [0.15, 0.2) is 0 Å². The topological polar surface area (TPSA) is 38.3 Å². The van der Waals surface area contributed by atoms with Gasteiger partial charge in [-0.15, -0.1) is 0 Å². The average Bonchev–Trinajstić information content (AvgIpc) is 2.51. The van der Waals surface area contributed by atoms with E-state index < -0.39 is 18.8 Å². The lowest BCUT2D eigenvalue weighted by molar-refractivity contribution is 0.133. The molecule has 1 amide bonds. The van der Waals surface area contributed by atoms with E-state index in [0.717, 1.165) is 5.56 Å². The van der Waals surface area contributed by atoms with Crippen molar-refractivity contribution in [2.45, 2.75) is 12.6 Å². The summed E-state index contributed by atoms with van der Waals surface area (Å²) < 4.78 is 18.1. The summed E-state index contributed by atoms with van der Waals surface area (Å²) in [6.45, 7) is -0.595. The summed E-state index contributed by atoms with van der Waals surface area (Å²) in [7, 11) is 0. The molecule has 110 valence electrons. The van der Waals surface area contributed by atoms with Crippen LogP contribution in [-0.4, -0.2) is 12.8 Å². The van der Waals surface area contributed by atoms with Crippen LogP contribution in [0.2, 0.25) is 5.02 Å². The van der Waals surface area contributed by atoms with Crippen molar-refractivity contribution in [3.63, 3.8) is 0 Å². The largest absolute Gasteiger partial charge is 0.445 e. The number of alkyl carbamates (subject to hydrolysis) is 1. The van der Waals surface area contributed by atoms with Gasteiger partial charge in [0.05, 0.1) is 6.04 Å². The number of halogens is 2. The van der Waals surface area contributed by atoms with Gasteiger partial charge in [0.1, 0.15) is 13.3 Å². The van der Waals surface area contributed by atoms with E-state index >= 15 is 0 Å². The number of hydrogen-bond donors (Lipinski definition) is 1. The molecule has 0 bridgehead atoms. The number of rotatable bonds is 5. The zero-order valence-corrected chi connectivity index (χ0v) is 12.0. The van der Waals surface area contributed by atoms with Crippen LogP contribution >= 0.6 is 11.6 Å². The number of hydrogen-bond acceptors (Lipinski definition) is 2. The minimum absolute atomic E-state index is 0.140. The van der Waals surface area contributed by atoms with Gasteiger partial charge in [0.25, 0.3) is 0 Å². The number of benzene rings is 2. The summed E-state index contributed by atoms with van der Waals surface area (Å²) in [5, 5.41) is 2.98. The number of carbonyl (C=O) groups is 1. The van der Waals surface area contributed by atoms with E-state index in [9.17, 15) is 9.18 Å². The zero-order valence-electron chi connectivity index (χ0n) is 11.3. The molecule has 1 unspecified atom stereocenters. The first-order valence-electron chi connectivity index (χ1n) is 6.47. The standard InChI is InChI=1S/C16H15ClFNO2/c17-14-8-4-7-13(9-14)15(10-18)19-16(20)21-11-12-5-2-1-3-6-12/h1-9,15H,10-11H2,(H,19,20). The molecule has 2 rings (SSSR count). The normalized spacial score (nSPS) is 11.7. The fraction of sp³-hybridized carbons (Fsp3) is 0.188. The van der Waals surface area contributed by atoms with E-state index in [1.54, 1.807) is 24.3 Å². The second-order valence-electron chi connectivity index (χ2n) is 4.47. The predicted molar refractivity (Wildman–Crippen MR) is 79.9 cm³/mol. The van der Waals surface area contributed by atoms with Crippen LogP contribution in [0.3, 0.4) is 0 Å². The third-order valence-corrected chi connectivity index (χ3v) is 3.15. The lowest BCUT2D eigenvalue weighted by Gasteiger charge is -2.16. The van der Waals surface area contributed by atoms with E-state index in [4.69, 9.17) is 16.3 Å². The Morgan fingerprint density at radius 3 is 2.62 bits per heavy atom. The van der Waals surface area contributed by atoms with Crippen LogP contribution in [0.25, 0.3) is 0 Å². The molecule has 1 N–H and O–H groups in total. The molecule has 0 aliphatic heterocycles. The third kappa shape index (κ3) is 4.76. The number of alkyl halides is 1. The molecule has 0 aliphatic carbocycles. The smallest absolute Gasteiger partial charge is 0.408 e. The molecule has 0 saturated carbocycles. The highest BCUT2D eigenvalue weighted by molar-refractivity contribution is 6.30. The number of nitrogens with one attached hydrogen (secondary N) is 1. The highest BCUT2D eigenvalue weighted by Gasteiger charge is 2.15. The first kappa shape index (κ1) is 15.3. The van der Waals surface area contributed by atoms with Crippen molar-refractivity contribution in [2.24, 2.45) is 0 Å². The van der Waals surface area contributed by atoms with E-state index in [0.29, 0.717) is 10.6 Å². The molecule has 0 aliphatic rings. The minimum atomic E-state index is -0.771. The monoisotopic (exact) mass is 307 g/mol. The molecule has 5 heteroatoms. The van der Waals surface area contributed by atoms with E-state index in [2.05, 4.69) is 5.32 Å². The molecule has 2 aromatic rings. The van der Waals surface area contributed by atoms with Crippen LogP contribution in [0, 0.1) is 0 Å². The van der Waals surface area contributed by atoms with Gasteiger partial charge in [-0.1, -0.05) is 54.1 Å². The van der Waals surface area contributed by atoms with Crippen molar-refractivity contribution in [1.29, 1.82) is 0 Å². The van der Waals surface area contributed by atoms with Crippen LogP contribution in [0.15, 0.2) is 54.6 Å². The van der Waals surface area contributed by atoms with Crippen molar-refractivity contribution in [2.75, 3.05) is 6.67 Å². The maximum absolute atomic E-state index is 13.1. The summed E-state index contributed by atoms with van der Waals surface area (Å²) in [5.74, 6) is 0. The summed E-state index contributed by atoms with van der Waals surface area (Å²) >= 11 is 5.86. The second kappa shape index (κ2) is 7.64. The van der Waals surface area contributed by atoms with E-state index in [1.165, 1.54) is 0 Å². The molecule has 0 radical (unpaired) electrons. The Labute approximate surface area is 127 Å². The first-order chi connectivity index (χ1) is 10.2. The minimum Gasteiger partial charge on any atom is -0.445 e. The van der Waals surface area contributed by atoms with Crippen LogP contribution in [-0.2, 0) is 11.3 Å². The maximum atomic E-state index is 13.1. The first-order valence-corrected chi connectivity index (χ1v) is 6.85. The van der Waals surface area contributed by atoms with Crippen molar-refractivity contribution in [1.82, 2.24) is 5.32 Å². The summed E-state index contributed by atoms with van der Waals surface area (Å²) in [6.07, 6.45) is -0.665. The van der Waals surface area contributed by atoms with Crippen LogP contribution in [0.1, 0.15) is 17.2 Å². The lowest BCUT2D eigenvalue weighted by Crippen LogP contribution is -2.30. The highest BCUT2D eigenvalue weighted by atomic mass is 35.5. The average molecular weight is 308 g/mol. The molecule has 0 fully saturated rings. The van der Waals surface area contributed by atoms with Crippen LogP contribution in [0.5, 0.6) is 0 Å². The Morgan fingerprint density at radius 2 is 1.95 bits per heavy atom. The fourth-order valence-electron chi connectivity index (χ4n) is 1.84. The molecule has 0 heterocycles. The molecule has 0 spiro atoms. The zero-order chi connectivity index (χ0) is 15.1. The molecule has 0 aromatic heterocycles. The summed E-state index contributed by atoms with van der Waals surface area (Å²) in [5.41, 5.74) is 1.47. The Hall–Kier alpha value is -2.07. The van der Waals surface area contributed by atoms with E-state index in [-0.39, 0.29) is 6.61 Å². The fourth-order valence-corrected chi connectivity index (χ4v) is 2.04.